The molecule has 0 aliphatic carbocycles. The number of rotatable bonds is 60. The second kappa shape index (κ2) is 61.9. The second-order valence-electron chi connectivity index (χ2n) is 21.1. The molecule has 5 atom stereocenters. The molecule has 0 bridgehead atoms. The summed E-state index contributed by atoms with van der Waals surface area (Å²) < 4.78 is 60.7. The van der Waals surface area contributed by atoms with Crippen LogP contribution in [0.5, 0.6) is 0 Å². The van der Waals surface area contributed by atoms with Crippen molar-refractivity contribution >= 4 is 33.6 Å². The summed E-state index contributed by atoms with van der Waals surface area (Å²) in [5.41, 5.74) is 0. The fraction of sp³-hybridized carbons (Fsp3) is 0.638. The Labute approximate surface area is 525 Å². The van der Waals surface area contributed by atoms with Gasteiger partial charge in [0.1, 0.15) is 25.4 Å². The van der Waals surface area contributed by atoms with Crippen LogP contribution in [-0.2, 0) is 55.8 Å². The maximum absolute atomic E-state index is 12.9. The summed E-state index contributed by atoms with van der Waals surface area (Å²) in [5, 5.41) is 20.5. The number of unbranched alkanes of at least 4 members (excludes halogenated alkanes) is 15. The molecule has 18 heteroatoms. The average Bonchev–Trinajstić information content (AvgIpc) is 3.68. The molecule has 5 unspecified atom stereocenters. The molecule has 0 fully saturated rings. The number of carbonyl (C=O) groups excluding carboxylic acids is 3. The van der Waals surface area contributed by atoms with Crippen molar-refractivity contribution in [2.45, 2.75) is 245 Å². The van der Waals surface area contributed by atoms with E-state index in [0.717, 1.165) is 167 Å². The number of aliphatic hydroxyl groups excluding tert-OH is 2. The molecule has 0 saturated carbocycles. The zero-order valence-corrected chi connectivity index (χ0v) is 55.2. The number of allylic oxidation sites excluding steroid dienone is 22. The monoisotopic (exact) mass is 1260 g/mol. The Morgan fingerprint density at radius 1 is 0.322 bits per heavy atom. The van der Waals surface area contributed by atoms with Crippen LogP contribution in [0.25, 0.3) is 0 Å². The van der Waals surface area contributed by atoms with Gasteiger partial charge in [0, 0.05) is 19.3 Å². The number of hydrogen-bond acceptors (Lipinski definition) is 14. The SMILES string of the molecule is CC/C=C\C/C=C\C/C=C\C/C=C\C/C=C\CCCCCCCC(=O)OCC(O)COP(=O)(O)OCC(O)COP(=O)(O)OCC(COC(=O)CCCCCCC/C=C\C/C=C\C/C=C\CC)OC(=O)CCCCCCC/C=C\C/C=C\C/C=C\CC. The Bertz CT molecular complexity index is 2120. The quantitative estimate of drug-likeness (QED) is 0.0146. The van der Waals surface area contributed by atoms with Crippen LogP contribution in [0.3, 0.4) is 0 Å². The number of aliphatic hydroxyl groups is 2. The van der Waals surface area contributed by atoms with Crippen LogP contribution < -0.4 is 0 Å². The smallest absolute Gasteiger partial charge is 0.463 e. The number of esters is 3. The van der Waals surface area contributed by atoms with E-state index >= 15 is 0 Å². The number of phosphoric ester groups is 2. The first-order chi connectivity index (χ1) is 42.2. The molecule has 0 aliphatic heterocycles. The predicted molar refractivity (Wildman–Crippen MR) is 353 cm³/mol. The number of ether oxygens (including phenoxy) is 3. The molecule has 16 nitrogen and oxygen atoms in total. The molecule has 0 spiro atoms. The molecule has 0 aliphatic rings. The largest absolute Gasteiger partial charge is 0.472 e. The Hall–Kier alpha value is -4.31. The predicted octanol–water partition coefficient (Wildman–Crippen LogP) is 17.6. The first-order valence-electron chi connectivity index (χ1n) is 32.5. The third-order valence-corrected chi connectivity index (χ3v) is 14.8. The highest BCUT2D eigenvalue weighted by molar-refractivity contribution is 7.47. The van der Waals surface area contributed by atoms with Crippen molar-refractivity contribution in [3.05, 3.63) is 134 Å². The highest BCUT2D eigenvalue weighted by atomic mass is 31.2. The van der Waals surface area contributed by atoms with Gasteiger partial charge in [0.2, 0.25) is 0 Å². The minimum absolute atomic E-state index is 0.0766. The van der Waals surface area contributed by atoms with Crippen LogP contribution in [0.2, 0.25) is 0 Å². The van der Waals surface area contributed by atoms with Crippen LogP contribution >= 0.6 is 15.6 Å². The van der Waals surface area contributed by atoms with E-state index in [1.165, 1.54) is 0 Å². The van der Waals surface area contributed by atoms with Gasteiger partial charge in [-0.15, -0.1) is 0 Å². The summed E-state index contributed by atoms with van der Waals surface area (Å²) in [7, 11) is -9.79. The van der Waals surface area contributed by atoms with E-state index in [9.17, 15) is 43.5 Å². The van der Waals surface area contributed by atoms with Gasteiger partial charge >= 0.3 is 33.6 Å². The zero-order valence-electron chi connectivity index (χ0n) is 53.4. The lowest BCUT2D eigenvalue weighted by molar-refractivity contribution is -0.161. The zero-order chi connectivity index (χ0) is 63.8. The van der Waals surface area contributed by atoms with E-state index in [4.69, 9.17) is 32.3 Å². The molecule has 0 rings (SSSR count). The highest BCUT2D eigenvalue weighted by Gasteiger charge is 2.29. The molecule has 0 amide bonds. The third-order valence-electron chi connectivity index (χ3n) is 12.9. The Morgan fingerprint density at radius 2 is 0.575 bits per heavy atom. The van der Waals surface area contributed by atoms with E-state index in [0.29, 0.717) is 19.3 Å². The summed E-state index contributed by atoms with van der Waals surface area (Å²) in [4.78, 5) is 58.3. The van der Waals surface area contributed by atoms with Gasteiger partial charge in [-0.2, -0.15) is 0 Å². The van der Waals surface area contributed by atoms with E-state index < -0.39 is 91.5 Å². The number of hydrogen-bond donors (Lipinski definition) is 4. The van der Waals surface area contributed by atoms with Gasteiger partial charge in [-0.25, -0.2) is 9.13 Å². The molecule has 0 aromatic rings. The standard InChI is InChI=1S/C69H114O16P2/c1-4-7-10-13-16-19-22-25-28-29-30-31-32-33-36-38-40-43-46-49-52-55-67(72)79-58-64(70)59-81-86(75,76)82-60-65(71)61-83-87(77,78)84-63-66(85-69(74)57-54-51-48-45-42-39-35-27-24-21-18-15-12-9-6-3)62-80-68(73)56-53-50-47-44-41-37-34-26-23-20-17-14-11-8-5-2/h7-12,16-21,25-28,30-31,33-36,64-66,70-71H,4-6,13-15,22-24,29,32,37-63H2,1-3H3,(H,75,76)(H,77,78)/b10-7-,11-8-,12-9-,19-16-,20-17-,21-18-,28-25-,31-30-,34-26-,35-27-,36-33-. The number of phosphoric acid groups is 2. The van der Waals surface area contributed by atoms with Gasteiger partial charge in [-0.1, -0.05) is 212 Å². The average molecular weight is 1260 g/mol. The van der Waals surface area contributed by atoms with Crippen molar-refractivity contribution in [1.82, 2.24) is 0 Å². The normalized spacial score (nSPS) is 15.2. The van der Waals surface area contributed by atoms with Crippen LogP contribution in [0, 0.1) is 0 Å². The van der Waals surface area contributed by atoms with Gasteiger partial charge in [0.05, 0.1) is 26.4 Å². The lowest BCUT2D eigenvalue weighted by atomic mass is 10.1. The van der Waals surface area contributed by atoms with Crippen LogP contribution in [0.4, 0.5) is 0 Å². The Balaban J connectivity index is 4.69. The van der Waals surface area contributed by atoms with Gasteiger partial charge in [0.15, 0.2) is 6.10 Å². The van der Waals surface area contributed by atoms with Gasteiger partial charge in [-0.3, -0.25) is 32.5 Å². The first kappa shape index (κ1) is 82.7. The second-order valence-corrected chi connectivity index (χ2v) is 24.0. The van der Waals surface area contributed by atoms with Crippen molar-refractivity contribution in [2.75, 3.05) is 39.6 Å². The van der Waals surface area contributed by atoms with Crippen molar-refractivity contribution in [2.24, 2.45) is 0 Å². The number of carbonyl (C=O) groups is 3. The van der Waals surface area contributed by atoms with Crippen LogP contribution in [0.1, 0.15) is 226 Å². The minimum Gasteiger partial charge on any atom is -0.463 e. The van der Waals surface area contributed by atoms with Crippen molar-refractivity contribution in [1.29, 1.82) is 0 Å². The fourth-order valence-electron chi connectivity index (χ4n) is 7.98. The van der Waals surface area contributed by atoms with E-state index in [-0.39, 0.29) is 19.3 Å². The molecule has 496 valence electrons. The van der Waals surface area contributed by atoms with Crippen LogP contribution in [0.15, 0.2) is 134 Å². The third kappa shape index (κ3) is 63.1. The molecular formula is C69H114O16P2. The van der Waals surface area contributed by atoms with Gasteiger partial charge < -0.3 is 34.2 Å². The maximum Gasteiger partial charge on any atom is 0.472 e. The molecule has 4 N–H and O–H groups in total. The van der Waals surface area contributed by atoms with Gasteiger partial charge in [-0.05, 0) is 128 Å². The van der Waals surface area contributed by atoms with Crippen molar-refractivity contribution in [3.8, 4) is 0 Å². The molecule has 0 radical (unpaired) electrons. The molecule has 0 saturated heterocycles. The molecule has 87 heavy (non-hydrogen) atoms. The minimum atomic E-state index is -4.94. The van der Waals surface area contributed by atoms with Crippen molar-refractivity contribution in [3.63, 3.8) is 0 Å². The lowest BCUT2D eigenvalue weighted by Crippen LogP contribution is -2.30. The Morgan fingerprint density at radius 3 is 0.908 bits per heavy atom. The molecule has 0 aromatic heterocycles. The summed E-state index contributed by atoms with van der Waals surface area (Å²) in [6, 6.07) is 0. The van der Waals surface area contributed by atoms with E-state index in [1.54, 1.807) is 0 Å². The van der Waals surface area contributed by atoms with E-state index in [1.807, 2.05) is 0 Å². The summed E-state index contributed by atoms with van der Waals surface area (Å²) >= 11 is 0. The Kier molecular flexibility index (Phi) is 58.8. The molecular weight excluding hydrogens is 1150 g/mol. The van der Waals surface area contributed by atoms with Crippen molar-refractivity contribution < 1.29 is 75.8 Å². The maximum atomic E-state index is 12.9. The summed E-state index contributed by atoms with van der Waals surface area (Å²) in [6.07, 6.45) is 70.8. The van der Waals surface area contributed by atoms with E-state index in [2.05, 4.69) is 154 Å². The fourth-order valence-corrected chi connectivity index (χ4v) is 9.56. The molecule has 0 aromatic carbocycles. The summed E-state index contributed by atoms with van der Waals surface area (Å²) in [6.45, 7) is 2.23. The van der Waals surface area contributed by atoms with Gasteiger partial charge in [0.25, 0.3) is 0 Å². The lowest BCUT2D eigenvalue weighted by Gasteiger charge is -2.21. The first-order valence-corrected chi connectivity index (χ1v) is 35.5. The molecule has 0 heterocycles. The topological polar surface area (TPSA) is 231 Å². The van der Waals surface area contributed by atoms with Crippen LogP contribution in [-0.4, -0.2) is 95.9 Å². The summed E-state index contributed by atoms with van der Waals surface area (Å²) in [5.74, 6) is -1.64. The highest BCUT2D eigenvalue weighted by Crippen LogP contribution is 2.45.